The highest BCUT2D eigenvalue weighted by Gasteiger charge is 2.27. The van der Waals surface area contributed by atoms with Crippen molar-refractivity contribution in [3.63, 3.8) is 0 Å². The highest BCUT2D eigenvalue weighted by atomic mass is 31.2. The zero-order valence-corrected chi connectivity index (χ0v) is 27.6. The quantitative estimate of drug-likeness (QED) is 0.0323. The van der Waals surface area contributed by atoms with Crippen molar-refractivity contribution >= 4 is 19.8 Å². The maximum absolute atomic E-state index is 12.4. The van der Waals surface area contributed by atoms with Crippen molar-refractivity contribution in [2.45, 2.75) is 142 Å². The average Bonchev–Trinajstić information content (AvgIpc) is 2.99. The number of hydrogen-bond acceptors (Lipinski definition) is 9. The monoisotopic (exact) mass is 634 g/mol. The number of ether oxygens (including phenoxy) is 2. The Morgan fingerprint density at radius 1 is 0.698 bits per heavy atom. The minimum atomic E-state index is -4.59. The summed E-state index contributed by atoms with van der Waals surface area (Å²) < 4.78 is 32.1. The van der Waals surface area contributed by atoms with Crippen LogP contribution in [-0.2, 0) is 32.7 Å². The van der Waals surface area contributed by atoms with Crippen molar-refractivity contribution in [1.82, 2.24) is 0 Å². The normalized spacial score (nSPS) is 14.6. The summed E-state index contributed by atoms with van der Waals surface area (Å²) in [4.78, 5) is 34.2. The van der Waals surface area contributed by atoms with E-state index >= 15 is 0 Å². The Labute approximate surface area is 259 Å². The summed E-state index contributed by atoms with van der Waals surface area (Å²) in [6.07, 6.45) is 23.9. The molecule has 43 heavy (non-hydrogen) atoms. The second kappa shape index (κ2) is 29.2. The van der Waals surface area contributed by atoms with Gasteiger partial charge in [0.1, 0.15) is 12.7 Å². The molecule has 0 aromatic carbocycles. The molecule has 0 aromatic rings. The second-order valence-electron chi connectivity index (χ2n) is 10.8. The molecule has 0 aliphatic carbocycles. The minimum Gasteiger partial charge on any atom is -0.462 e. The number of allylic oxidation sites excluding steroid dienone is 4. The molecule has 3 N–H and O–H groups in total. The first kappa shape index (κ1) is 41.4. The molecule has 0 heterocycles. The first-order valence-electron chi connectivity index (χ1n) is 16.3. The Hall–Kier alpha value is -1.55. The molecular weight excluding hydrogens is 575 g/mol. The Bertz CT molecular complexity index is 786. The highest BCUT2D eigenvalue weighted by Crippen LogP contribution is 2.43. The van der Waals surface area contributed by atoms with E-state index in [1.165, 1.54) is 38.5 Å². The molecular formula is C32H59O10P. The van der Waals surface area contributed by atoms with E-state index in [2.05, 4.69) is 35.8 Å². The van der Waals surface area contributed by atoms with Crippen LogP contribution in [0.4, 0.5) is 0 Å². The van der Waals surface area contributed by atoms with Crippen LogP contribution in [0.15, 0.2) is 24.3 Å². The lowest BCUT2D eigenvalue weighted by atomic mass is 10.1. The first-order chi connectivity index (χ1) is 20.7. The Morgan fingerprint density at radius 3 is 1.84 bits per heavy atom. The Kier molecular flexibility index (Phi) is 28.1. The van der Waals surface area contributed by atoms with Gasteiger partial charge in [0.2, 0.25) is 0 Å². The van der Waals surface area contributed by atoms with Crippen LogP contribution in [0.3, 0.4) is 0 Å². The minimum absolute atomic E-state index is 0.175. The maximum atomic E-state index is 12.4. The van der Waals surface area contributed by atoms with Gasteiger partial charge in [0, 0.05) is 12.8 Å². The van der Waals surface area contributed by atoms with Gasteiger partial charge in [-0.15, -0.1) is 0 Å². The molecule has 0 saturated heterocycles. The topological polar surface area (TPSA) is 149 Å². The summed E-state index contributed by atoms with van der Waals surface area (Å²) in [5, 5.41) is 18.1. The molecule has 0 aromatic heterocycles. The third-order valence-corrected chi connectivity index (χ3v) is 7.56. The van der Waals surface area contributed by atoms with Crippen molar-refractivity contribution in [3.05, 3.63) is 24.3 Å². The molecule has 0 fully saturated rings. The van der Waals surface area contributed by atoms with Crippen molar-refractivity contribution in [2.24, 2.45) is 0 Å². The van der Waals surface area contributed by atoms with Gasteiger partial charge in [-0.2, -0.15) is 0 Å². The van der Waals surface area contributed by atoms with Crippen molar-refractivity contribution < 1.29 is 47.8 Å². The van der Waals surface area contributed by atoms with Gasteiger partial charge < -0.3 is 24.6 Å². The van der Waals surface area contributed by atoms with Crippen LogP contribution in [0, 0.1) is 0 Å². The number of hydrogen-bond donors (Lipinski definition) is 3. The van der Waals surface area contributed by atoms with E-state index in [1.807, 2.05) is 6.92 Å². The maximum Gasteiger partial charge on any atom is 0.472 e. The standard InChI is InChI=1S/C32H59O10P/c1-3-5-7-8-9-10-11-12-13-14-15-16-17-18-19-20-22-24-32(36)42-30(27-39-31(35)23-21-6-4-2)28-41-43(37,38)40-26-29(34)25-33/h9-10,12-13,29-30,33-34H,3-8,11,14-28H2,1-2H3,(H,37,38)/b10-9-,13-12-. The molecule has 0 rings (SSSR count). The third kappa shape index (κ3) is 28.9. The fraction of sp³-hybridized carbons (Fsp3) is 0.812. The van der Waals surface area contributed by atoms with Crippen LogP contribution in [0.2, 0.25) is 0 Å². The molecule has 11 heteroatoms. The second-order valence-corrected chi connectivity index (χ2v) is 12.3. The predicted molar refractivity (Wildman–Crippen MR) is 168 cm³/mol. The summed E-state index contributed by atoms with van der Waals surface area (Å²) in [7, 11) is -4.59. The summed E-state index contributed by atoms with van der Waals surface area (Å²) in [6, 6.07) is 0. The first-order valence-corrected chi connectivity index (χ1v) is 17.8. The summed E-state index contributed by atoms with van der Waals surface area (Å²) in [5.74, 6) is -0.965. The van der Waals surface area contributed by atoms with Gasteiger partial charge in [-0.1, -0.05) is 95.9 Å². The zero-order valence-electron chi connectivity index (χ0n) is 26.7. The number of carbonyl (C=O) groups is 2. The van der Waals surface area contributed by atoms with Crippen LogP contribution >= 0.6 is 7.82 Å². The van der Waals surface area contributed by atoms with Gasteiger partial charge in [-0.3, -0.25) is 18.6 Å². The predicted octanol–water partition coefficient (Wildman–Crippen LogP) is 7.10. The van der Waals surface area contributed by atoms with Gasteiger partial charge in [0.05, 0.1) is 19.8 Å². The summed E-state index contributed by atoms with van der Waals surface area (Å²) in [6.45, 7) is 2.11. The molecule has 0 bridgehead atoms. The number of carbonyl (C=O) groups excluding carboxylic acids is 2. The number of phosphoric ester groups is 1. The van der Waals surface area contributed by atoms with Gasteiger partial charge in [-0.05, 0) is 44.9 Å². The van der Waals surface area contributed by atoms with Gasteiger partial charge in [0.25, 0.3) is 0 Å². The number of esters is 2. The number of aliphatic hydroxyl groups is 2. The molecule has 0 radical (unpaired) electrons. The van der Waals surface area contributed by atoms with Crippen LogP contribution < -0.4 is 0 Å². The summed E-state index contributed by atoms with van der Waals surface area (Å²) in [5.41, 5.74) is 0. The Balaban J connectivity index is 4.23. The lowest BCUT2D eigenvalue weighted by molar-refractivity contribution is -0.161. The lowest BCUT2D eigenvalue weighted by Crippen LogP contribution is -2.29. The SMILES string of the molecule is CCCCC/C=C\C/C=C\CCCCCCCCCC(=O)OC(COC(=O)CCCCC)COP(=O)(O)OCC(O)CO. The van der Waals surface area contributed by atoms with Gasteiger partial charge in [-0.25, -0.2) is 4.57 Å². The molecule has 0 spiro atoms. The molecule has 252 valence electrons. The lowest BCUT2D eigenvalue weighted by Gasteiger charge is -2.20. The van der Waals surface area contributed by atoms with Gasteiger partial charge in [0.15, 0.2) is 6.10 Å². The molecule has 10 nitrogen and oxygen atoms in total. The molecule has 0 amide bonds. The molecule has 3 unspecified atom stereocenters. The van der Waals surface area contributed by atoms with E-state index in [9.17, 15) is 24.2 Å². The number of aliphatic hydroxyl groups excluding tert-OH is 2. The van der Waals surface area contributed by atoms with Crippen molar-refractivity contribution in [3.8, 4) is 0 Å². The van der Waals surface area contributed by atoms with Crippen LogP contribution in [0.1, 0.15) is 129 Å². The number of rotatable bonds is 30. The largest absolute Gasteiger partial charge is 0.472 e. The van der Waals surface area contributed by atoms with Crippen molar-refractivity contribution in [2.75, 3.05) is 26.4 Å². The molecule has 0 saturated carbocycles. The van der Waals surface area contributed by atoms with Crippen LogP contribution in [0.25, 0.3) is 0 Å². The number of phosphoric acid groups is 1. The van der Waals surface area contributed by atoms with E-state index in [1.54, 1.807) is 0 Å². The zero-order chi connectivity index (χ0) is 32.0. The highest BCUT2D eigenvalue weighted by molar-refractivity contribution is 7.47. The van der Waals surface area contributed by atoms with Crippen LogP contribution in [-0.4, -0.2) is 65.7 Å². The van der Waals surface area contributed by atoms with E-state index in [-0.39, 0.29) is 19.4 Å². The third-order valence-electron chi connectivity index (χ3n) is 6.61. The molecule has 3 atom stereocenters. The number of unbranched alkanes of at least 4 members (excludes halogenated alkanes) is 12. The van der Waals surface area contributed by atoms with E-state index in [4.69, 9.17) is 19.1 Å². The smallest absolute Gasteiger partial charge is 0.462 e. The molecule has 0 aliphatic heterocycles. The van der Waals surface area contributed by atoms with Gasteiger partial charge >= 0.3 is 19.8 Å². The fourth-order valence-corrected chi connectivity index (χ4v) is 4.81. The van der Waals surface area contributed by atoms with Crippen molar-refractivity contribution in [1.29, 1.82) is 0 Å². The molecule has 0 aliphatic rings. The fourth-order valence-electron chi connectivity index (χ4n) is 4.02. The average molecular weight is 635 g/mol. The summed E-state index contributed by atoms with van der Waals surface area (Å²) >= 11 is 0. The van der Waals surface area contributed by atoms with Crippen LogP contribution in [0.5, 0.6) is 0 Å². The van der Waals surface area contributed by atoms with E-state index in [0.29, 0.717) is 12.8 Å². The van der Waals surface area contributed by atoms with E-state index in [0.717, 1.165) is 51.4 Å². The Morgan fingerprint density at radius 2 is 1.21 bits per heavy atom. The van der Waals surface area contributed by atoms with E-state index < -0.39 is 51.8 Å².